The number of rotatable bonds is 5. The van der Waals surface area contributed by atoms with Gasteiger partial charge < -0.3 is 4.90 Å². The maximum Gasteiger partial charge on any atom is 0.0726 e. The molecular weight excluding hydrogens is 687 g/mol. The van der Waals surface area contributed by atoms with E-state index in [4.69, 9.17) is 1.37 Å². The Kier molecular flexibility index (Phi) is 6.70. The van der Waals surface area contributed by atoms with Gasteiger partial charge in [0.2, 0.25) is 0 Å². The van der Waals surface area contributed by atoms with Crippen LogP contribution in [0.2, 0.25) is 0 Å². The predicted octanol–water partition coefficient (Wildman–Crippen LogP) is 14.7. The Morgan fingerprint density at radius 2 is 0.930 bits per heavy atom. The molecule has 4 aliphatic rings. The monoisotopic (exact) mass is 730 g/mol. The maximum absolute atomic E-state index is 8.99. The minimum Gasteiger partial charge on any atom is -0.310 e. The quantitative estimate of drug-likeness (QED) is 0.170. The van der Waals surface area contributed by atoms with Crippen LogP contribution in [0.3, 0.4) is 0 Å². The highest BCUT2D eigenvalue weighted by Gasteiger charge is 2.51. The van der Waals surface area contributed by atoms with Crippen molar-refractivity contribution in [1.82, 2.24) is 0 Å². The van der Waals surface area contributed by atoms with Crippen LogP contribution in [0.4, 0.5) is 17.1 Å². The minimum atomic E-state index is -0.446. The van der Waals surface area contributed by atoms with Gasteiger partial charge in [-0.15, -0.1) is 0 Å². The van der Waals surface area contributed by atoms with Gasteiger partial charge >= 0.3 is 0 Å². The average Bonchev–Trinajstić information content (AvgIpc) is 3.81. The molecule has 0 aromatic heterocycles. The molecule has 0 heterocycles. The van der Waals surface area contributed by atoms with E-state index in [1.807, 2.05) is 0 Å². The van der Waals surface area contributed by atoms with Crippen LogP contribution in [0.1, 0.15) is 79.3 Å². The number of benzene rings is 8. The summed E-state index contributed by atoms with van der Waals surface area (Å²) < 4.78 is 8.99. The van der Waals surface area contributed by atoms with Gasteiger partial charge in [-0.1, -0.05) is 166 Å². The van der Waals surface area contributed by atoms with Crippen LogP contribution in [0.15, 0.2) is 182 Å². The lowest BCUT2D eigenvalue weighted by Gasteiger charge is -2.32. The van der Waals surface area contributed by atoms with Gasteiger partial charge in [0.05, 0.1) is 5.41 Å². The van der Waals surface area contributed by atoms with Crippen LogP contribution in [0.5, 0.6) is 0 Å². The summed E-state index contributed by atoms with van der Waals surface area (Å²) in [5.74, 6) is -0.446. The molecule has 12 rings (SSSR count). The highest BCUT2D eigenvalue weighted by Crippen LogP contribution is 2.63. The molecule has 0 saturated heterocycles. The lowest BCUT2D eigenvalue weighted by molar-refractivity contribution is 0.420. The van der Waals surface area contributed by atoms with Gasteiger partial charge in [-0.3, -0.25) is 0 Å². The number of hydrogen-bond acceptors (Lipinski definition) is 1. The summed E-state index contributed by atoms with van der Waals surface area (Å²) in [6, 6.07) is 68.2. The van der Waals surface area contributed by atoms with Crippen molar-refractivity contribution in [3.05, 3.63) is 221 Å². The third-order valence-corrected chi connectivity index (χ3v) is 13.8. The Hall–Kier alpha value is -6.44. The lowest BCUT2D eigenvalue weighted by atomic mass is 9.70. The lowest BCUT2D eigenvalue weighted by Crippen LogP contribution is -2.26. The SMILES string of the molecule is [2H]C1(c2cccc(-c3ccc(N(c4ccc5c(c4)-c4ccccc4C5(C)C)c4ccc5c(c4)C4(c6ccccc6-c6ccccc64)c4ccccc4-5)cc3)c2)CCC1. The second kappa shape index (κ2) is 12.0. The summed E-state index contributed by atoms with van der Waals surface area (Å²) >= 11 is 0. The van der Waals surface area contributed by atoms with E-state index in [2.05, 4.69) is 201 Å². The van der Waals surface area contributed by atoms with E-state index in [1.165, 1.54) is 77.9 Å². The summed E-state index contributed by atoms with van der Waals surface area (Å²) in [7, 11) is 0. The number of fused-ring (bicyclic) bond motifs is 13. The van der Waals surface area contributed by atoms with Gasteiger partial charge in [-0.2, -0.15) is 0 Å². The van der Waals surface area contributed by atoms with Gasteiger partial charge in [-0.25, -0.2) is 0 Å². The van der Waals surface area contributed by atoms with Crippen molar-refractivity contribution in [3.8, 4) is 44.5 Å². The van der Waals surface area contributed by atoms with Crippen LogP contribution in [0.25, 0.3) is 44.5 Å². The van der Waals surface area contributed by atoms with Gasteiger partial charge in [0.25, 0.3) is 0 Å². The zero-order valence-corrected chi connectivity index (χ0v) is 32.4. The van der Waals surface area contributed by atoms with Crippen LogP contribution in [-0.2, 0) is 10.8 Å². The summed E-state index contributed by atoms with van der Waals surface area (Å²) in [6.45, 7) is 4.70. The smallest absolute Gasteiger partial charge is 0.0726 e. The summed E-state index contributed by atoms with van der Waals surface area (Å²) in [6.07, 6.45) is 3.02. The summed E-state index contributed by atoms with van der Waals surface area (Å²) in [5, 5.41) is 0. The highest BCUT2D eigenvalue weighted by molar-refractivity contribution is 5.96. The molecule has 1 saturated carbocycles. The molecule has 0 atom stereocenters. The van der Waals surface area contributed by atoms with Crippen LogP contribution < -0.4 is 4.90 Å². The van der Waals surface area contributed by atoms with E-state index in [-0.39, 0.29) is 5.41 Å². The maximum atomic E-state index is 8.99. The normalized spacial score (nSPS) is 16.7. The molecule has 1 spiro atoms. The first-order valence-corrected chi connectivity index (χ1v) is 20.6. The van der Waals surface area contributed by atoms with Crippen LogP contribution >= 0.6 is 0 Å². The van der Waals surface area contributed by atoms with E-state index < -0.39 is 11.3 Å². The van der Waals surface area contributed by atoms with Crippen molar-refractivity contribution in [3.63, 3.8) is 0 Å². The molecule has 57 heavy (non-hydrogen) atoms. The van der Waals surface area contributed by atoms with Crippen molar-refractivity contribution < 1.29 is 1.37 Å². The Balaban J connectivity index is 1.06. The van der Waals surface area contributed by atoms with Crippen molar-refractivity contribution in [2.24, 2.45) is 0 Å². The molecule has 0 radical (unpaired) electrons. The highest BCUT2D eigenvalue weighted by atomic mass is 15.1. The Labute approximate surface area is 337 Å². The fourth-order valence-corrected chi connectivity index (χ4v) is 10.9. The summed E-state index contributed by atoms with van der Waals surface area (Å²) in [5.41, 5.74) is 22.3. The predicted molar refractivity (Wildman–Crippen MR) is 237 cm³/mol. The Morgan fingerprint density at radius 1 is 0.421 bits per heavy atom. The van der Waals surface area contributed by atoms with Crippen LogP contribution in [-0.4, -0.2) is 0 Å². The standard InChI is InChI=1S/C56H43N/c1-55(2)49-21-7-3-20-46(49)48-34-41(30-32-50(48)55)57(40-27-25-37(26-28-40)39-16-12-15-38(33-39)36-13-11-14-36)42-29-31-47-45-19-6-10-24-53(45)56(54(47)35-42)51-22-8-4-17-43(51)44-18-5-9-23-52(44)56/h3-10,12,15-36H,11,13-14H2,1-2H3/i36D. The second-order valence-corrected chi connectivity index (χ2v) is 16.9. The molecule has 1 heteroatoms. The molecule has 0 bridgehead atoms. The van der Waals surface area contributed by atoms with Crippen molar-refractivity contribution in [2.45, 2.75) is 49.8 Å². The molecule has 4 aliphatic carbocycles. The van der Waals surface area contributed by atoms with Crippen LogP contribution in [0, 0.1) is 0 Å². The largest absolute Gasteiger partial charge is 0.310 e. The molecule has 8 aromatic carbocycles. The Morgan fingerprint density at radius 3 is 1.54 bits per heavy atom. The minimum absolute atomic E-state index is 0.0719. The number of hydrogen-bond donors (Lipinski definition) is 0. The van der Waals surface area contributed by atoms with Gasteiger partial charge in [0, 0.05) is 23.8 Å². The fraction of sp³-hybridized carbons (Fsp3) is 0.143. The van der Waals surface area contributed by atoms with Crippen molar-refractivity contribution >= 4 is 17.1 Å². The topological polar surface area (TPSA) is 3.24 Å². The molecule has 272 valence electrons. The van der Waals surface area contributed by atoms with Gasteiger partial charge in [0.15, 0.2) is 0 Å². The zero-order chi connectivity index (χ0) is 38.8. The molecule has 0 unspecified atom stereocenters. The van der Waals surface area contributed by atoms with Crippen molar-refractivity contribution in [2.75, 3.05) is 4.90 Å². The van der Waals surface area contributed by atoms with E-state index in [9.17, 15) is 0 Å². The van der Waals surface area contributed by atoms with Gasteiger partial charge in [-0.05, 0) is 139 Å². The zero-order valence-electron chi connectivity index (χ0n) is 33.4. The summed E-state index contributed by atoms with van der Waals surface area (Å²) in [4.78, 5) is 2.46. The first-order chi connectivity index (χ1) is 28.4. The molecule has 0 N–H and O–H groups in total. The van der Waals surface area contributed by atoms with Gasteiger partial charge in [0.1, 0.15) is 0 Å². The van der Waals surface area contributed by atoms with Crippen molar-refractivity contribution in [1.29, 1.82) is 0 Å². The third-order valence-electron chi connectivity index (χ3n) is 13.8. The van der Waals surface area contributed by atoms with E-state index in [1.54, 1.807) is 0 Å². The number of anilines is 3. The Bertz CT molecular complexity index is 2920. The second-order valence-electron chi connectivity index (χ2n) is 16.9. The molecular formula is C56H43N. The molecule has 8 aromatic rings. The molecule has 0 amide bonds. The molecule has 1 fully saturated rings. The van der Waals surface area contributed by atoms with E-state index >= 15 is 0 Å². The average molecular weight is 731 g/mol. The third kappa shape index (κ3) is 4.52. The first kappa shape index (κ1) is 31.7. The first-order valence-electron chi connectivity index (χ1n) is 21.1. The van der Waals surface area contributed by atoms with E-state index in [0.29, 0.717) is 0 Å². The molecule has 0 aliphatic heterocycles. The number of nitrogens with zero attached hydrogens (tertiary/aromatic N) is 1. The fourth-order valence-electron chi connectivity index (χ4n) is 10.9. The molecule has 1 nitrogen and oxygen atoms in total. The van der Waals surface area contributed by atoms with E-state index in [0.717, 1.165) is 41.9 Å².